The number of nitrogens with one attached hydrogen (secondary N) is 1. The Labute approximate surface area is 200 Å². The SMILES string of the molecule is C/C(=N\NC(=O)CSc1nnc(-c2ccncc2)n1-c1ccc(C)cc1)c1ccccc1Cl. The molecule has 0 saturated carbocycles. The van der Waals surface area contributed by atoms with E-state index in [2.05, 4.69) is 25.7 Å². The number of hydrazone groups is 1. The number of pyridine rings is 1. The quantitative estimate of drug-likeness (QED) is 0.232. The third kappa shape index (κ3) is 5.47. The molecule has 4 rings (SSSR count). The van der Waals surface area contributed by atoms with Crippen molar-refractivity contribution in [1.82, 2.24) is 25.2 Å². The summed E-state index contributed by atoms with van der Waals surface area (Å²) >= 11 is 7.48. The van der Waals surface area contributed by atoms with E-state index in [1.54, 1.807) is 25.4 Å². The number of rotatable bonds is 7. The zero-order valence-electron chi connectivity index (χ0n) is 18.1. The molecular formula is C24H21ClN6OS. The Hall–Kier alpha value is -3.49. The summed E-state index contributed by atoms with van der Waals surface area (Å²) in [7, 11) is 0. The van der Waals surface area contributed by atoms with Gasteiger partial charge in [0.25, 0.3) is 5.91 Å². The monoisotopic (exact) mass is 476 g/mol. The molecule has 4 aromatic rings. The van der Waals surface area contributed by atoms with Crippen LogP contribution in [0.4, 0.5) is 0 Å². The summed E-state index contributed by atoms with van der Waals surface area (Å²) in [6.07, 6.45) is 3.42. The van der Waals surface area contributed by atoms with Crippen molar-refractivity contribution in [2.24, 2.45) is 5.10 Å². The fraction of sp³-hybridized carbons (Fsp3) is 0.125. The van der Waals surface area contributed by atoms with Crippen molar-refractivity contribution in [2.75, 3.05) is 5.75 Å². The molecule has 0 bridgehead atoms. The number of thioether (sulfide) groups is 1. The van der Waals surface area contributed by atoms with Crippen LogP contribution >= 0.6 is 23.4 Å². The van der Waals surface area contributed by atoms with Gasteiger partial charge < -0.3 is 0 Å². The van der Waals surface area contributed by atoms with Crippen LogP contribution in [0.25, 0.3) is 17.1 Å². The maximum Gasteiger partial charge on any atom is 0.250 e. The molecule has 0 aliphatic rings. The predicted molar refractivity (Wildman–Crippen MR) is 132 cm³/mol. The minimum Gasteiger partial charge on any atom is -0.272 e. The number of benzene rings is 2. The second-order valence-corrected chi connectivity index (χ2v) is 8.56. The van der Waals surface area contributed by atoms with Gasteiger partial charge >= 0.3 is 0 Å². The molecule has 0 radical (unpaired) electrons. The van der Waals surface area contributed by atoms with Gasteiger partial charge in [0, 0.05) is 34.2 Å². The molecule has 0 aliphatic carbocycles. The van der Waals surface area contributed by atoms with Gasteiger partial charge in [-0.2, -0.15) is 5.10 Å². The van der Waals surface area contributed by atoms with Gasteiger partial charge in [0.05, 0.1) is 11.5 Å². The Morgan fingerprint density at radius 3 is 2.52 bits per heavy atom. The van der Waals surface area contributed by atoms with Crippen molar-refractivity contribution >= 4 is 35.0 Å². The summed E-state index contributed by atoms with van der Waals surface area (Å²) in [6.45, 7) is 3.83. The molecule has 2 heterocycles. The largest absolute Gasteiger partial charge is 0.272 e. The molecule has 0 unspecified atom stereocenters. The number of aromatic nitrogens is 4. The minimum absolute atomic E-state index is 0.125. The van der Waals surface area contributed by atoms with E-state index in [-0.39, 0.29) is 11.7 Å². The number of halogens is 1. The van der Waals surface area contributed by atoms with E-state index in [9.17, 15) is 4.79 Å². The highest BCUT2D eigenvalue weighted by Gasteiger charge is 2.17. The summed E-state index contributed by atoms with van der Waals surface area (Å²) in [5.41, 5.74) is 6.93. The van der Waals surface area contributed by atoms with Gasteiger partial charge in [0.2, 0.25) is 0 Å². The first kappa shape index (κ1) is 22.7. The summed E-state index contributed by atoms with van der Waals surface area (Å²) in [4.78, 5) is 16.5. The first-order chi connectivity index (χ1) is 16.0. The number of carbonyl (C=O) groups is 1. The first-order valence-corrected chi connectivity index (χ1v) is 11.5. The Kier molecular flexibility index (Phi) is 7.16. The van der Waals surface area contributed by atoms with E-state index < -0.39 is 0 Å². The van der Waals surface area contributed by atoms with Crippen LogP contribution in [0.1, 0.15) is 18.1 Å². The third-order valence-corrected chi connectivity index (χ3v) is 6.07. The number of hydrogen-bond acceptors (Lipinski definition) is 6. The maximum absolute atomic E-state index is 12.5. The molecule has 9 heteroatoms. The average molecular weight is 477 g/mol. The van der Waals surface area contributed by atoms with Gasteiger partial charge in [-0.05, 0) is 44.2 Å². The normalized spacial score (nSPS) is 11.4. The van der Waals surface area contributed by atoms with Gasteiger partial charge in [-0.25, -0.2) is 5.43 Å². The topological polar surface area (TPSA) is 85.1 Å². The molecule has 2 aromatic heterocycles. The second-order valence-electron chi connectivity index (χ2n) is 7.21. The van der Waals surface area contributed by atoms with Gasteiger partial charge in [0.1, 0.15) is 0 Å². The molecule has 2 aromatic carbocycles. The van der Waals surface area contributed by atoms with Crippen molar-refractivity contribution in [3.05, 3.63) is 89.2 Å². The van der Waals surface area contributed by atoms with Crippen molar-refractivity contribution < 1.29 is 4.79 Å². The van der Waals surface area contributed by atoms with E-state index in [1.165, 1.54) is 11.8 Å². The van der Waals surface area contributed by atoms with Crippen LogP contribution in [0.3, 0.4) is 0 Å². The maximum atomic E-state index is 12.5. The predicted octanol–water partition coefficient (Wildman–Crippen LogP) is 4.92. The highest BCUT2D eigenvalue weighted by molar-refractivity contribution is 7.99. The van der Waals surface area contributed by atoms with Crippen LogP contribution in [0.5, 0.6) is 0 Å². The molecule has 1 amide bonds. The third-order valence-electron chi connectivity index (χ3n) is 4.81. The summed E-state index contributed by atoms with van der Waals surface area (Å²) in [6, 6.07) is 19.2. The molecule has 0 atom stereocenters. The van der Waals surface area contributed by atoms with E-state index >= 15 is 0 Å². The van der Waals surface area contributed by atoms with Crippen LogP contribution in [-0.4, -0.2) is 37.1 Å². The first-order valence-electron chi connectivity index (χ1n) is 10.2. The van der Waals surface area contributed by atoms with Crippen molar-refractivity contribution in [3.63, 3.8) is 0 Å². The van der Waals surface area contributed by atoms with Crippen LogP contribution in [0, 0.1) is 6.92 Å². The highest BCUT2D eigenvalue weighted by atomic mass is 35.5. The number of aryl methyl sites for hydroxylation is 1. The fourth-order valence-electron chi connectivity index (χ4n) is 3.10. The van der Waals surface area contributed by atoms with Crippen LogP contribution in [0.15, 0.2) is 83.3 Å². The van der Waals surface area contributed by atoms with Gasteiger partial charge in [-0.15, -0.1) is 10.2 Å². The number of nitrogens with zero attached hydrogens (tertiary/aromatic N) is 5. The lowest BCUT2D eigenvalue weighted by Crippen LogP contribution is -2.21. The average Bonchev–Trinajstić information content (AvgIpc) is 3.26. The van der Waals surface area contributed by atoms with Gasteiger partial charge in [-0.3, -0.25) is 14.3 Å². The smallest absolute Gasteiger partial charge is 0.250 e. The van der Waals surface area contributed by atoms with E-state index in [0.717, 1.165) is 22.4 Å². The summed E-state index contributed by atoms with van der Waals surface area (Å²) in [5.74, 6) is 0.548. The number of hydrogen-bond donors (Lipinski definition) is 1. The summed E-state index contributed by atoms with van der Waals surface area (Å²) in [5, 5.41) is 14.1. The zero-order valence-corrected chi connectivity index (χ0v) is 19.6. The van der Waals surface area contributed by atoms with E-state index in [0.29, 0.717) is 21.7 Å². The van der Waals surface area contributed by atoms with E-state index in [1.807, 2.05) is 66.1 Å². The number of carbonyl (C=O) groups excluding carboxylic acids is 1. The lowest BCUT2D eigenvalue weighted by atomic mass is 10.1. The Morgan fingerprint density at radius 2 is 1.79 bits per heavy atom. The van der Waals surface area contributed by atoms with Crippen LogP contribution in [-0.2, 0) is 4.79 Å². The Bertz CT molecular complexity index is 1290. The molecule has 0 saturated heterocycles. The lowest BCUT2D eigenvalue weighted by Gasteiger charge is -2.10. The van der Waals surface area contributed by atoms with Gasteiger partial charge in [-0.1, -0.05) is 59.3 Å². The molecule has 0 spiro atoms. The molecule has 166 valence electrons. The molecule has 0 aliphatic heterocycles. The van der Waals surface area contributed by atoms with Crippen LogP contribution < -0.4 is 5.43 Å². The van der Waals surface area contributed by atoms with Gasteiger partial charge in [0.15, 0.2) is 11.0 Å². The standard InChI is InChI=1S/C24H21ClN6OS/c1-16-7-9-19(10-8-16)31-23(18-11-13-26-14-12-18)29-30-24(31)33-15-22(32)28-27-17(2)20-5-3-4-6-21(20)25/h3-14H,15H2,1-2H3,(H,28,32)/b27-17+. The molecule has 7 nitrogen and oxygen atoms in total. The fourth-order valence-corrected chi connectivity index (χ4v) is 4.12. The molecule has 0 fully saturated rings. The molecule has 1 N–H and O–H groups in total. The second kappa shape index (κ2) is 10.4. The Morgan fingerprint density at radius 1 is 1.06 bits per heavy atom. The number of amides is 1. The van der Waals surface area contributed by atoms with Crippen molar-refractivity contribution in [1.29, 1.82) is 0 Å². The van der Waals surface area contributed by atoms with Crippen molar-refractivity contribution in [2.45, 2.75) is 19.0 Å². The van der Waals surface area contributed by atoms with Crippen LogP contribution in [0.2, 0.25) is 5.02 Å². The summed E-state index contributed by atoms with van der Waals surface area (Å²) < 4.78 is 1.94. The molecular weight excluding hydrogens is 456 g/mol. The molecule has 33 heavy (non-hydrogen) atoms. The van der Waals surface area contributed by atoms with E-state index in [4.69, 9.17) is 11.6 Å². The minimum atomic E-state index is -0.254. The lowest BCUT2D eigenvalue weighted by molar-refractivity contribution is -0.118. The van der Waals surface area contributed by atoms with Crippen molar-refractivity contribution in [3.8, 4) is 17.1 Å². The Balaban J connectivity index is 1.53. The highest BCUT2D eigenvalue weighted by Crippen LogP contribution is 2.27. The zero-order chi connectivity index (χ0) is 23.2.